The summed E-state index contributed by atoms with van der Waals surface area (Å²) in [6.45, 7) is 0.992. The third-order valence-electron chi connectivity index (χ3n) is 3.61. The lowest BCUT2D eigenvalue weighted by Gasteiger charge is -2.12. The van der Waals surface area contributed by atoms with Crippen molar-refractivity contribution in [3.63, 3.8) is 0 Å². The van der Waals surface area contributed by atoms with Crippen molar-refractivity contribution < 1.29 is 30.8 Å². The van der Waals surface area contributed by atoms with Gasteiger partial charge in [0.1, 0.15) is 5.82 Å². The highest BCUT2D eigenvalue weighted by molar-refractivity contribution is 7.89. The minimum absolute atomic E-state index is 0.152. The van der Waals surface area contributed by atoms with Crippen LogP contribution < -0.4 is 10.0 Å². The monoisotopic (exact) mass is 415 g/mol. The fourth-order valence-corrected chi connectivity index (χ4v) is 3.44. The second kappa shape index (κ2) is 7.95. The molecule has 0 unspecified atom stereocenters. The van der Waals surface area contributed by atoms with Crippen LogP contribution in [0.3, 0.4) is 0 Å². The number of sulfonamides is 1. The number of alkyl halides is 3. The van der Waals surface area contributed by atoms with Crippen LogP contribution in [0.4, 0.5) is 23.2 Å². The van der Waals surface area contributed by atoms with E-state index in [9.17, 15) is 30.8 Å². The van der Waals surface area contributed by atoms with E-state index in [0.717, 1.165) is 12.1 Å². The highest BCUT2D eigenvalue weighted by atomic mass is 32.2. The van der Waals surface area contributed by atoms with E-state index in [-0.39, 0.29) is 16.1 Å². The Hall–Kier alpha value is -2.97. The number of benzene rings is 2. The molecule has 0 heterocycles. The Bertz CT molecular complexity index is 1060. The quantitative estimate of drug-likeness (QED) is 0.579. The first-order chi connectivity index (χ1) is 13.0. The van der Waals surface area contributed by atoms with Crippen LogP contribution in [0.1, 0.15) is 21.5 Å². The Balaban J connectivity index is 2.34. The number of halogens is 4. The summed E-state index contributed by atoms with van der Waals surface area (Å²) in [7, 11) is -4.06. The molecule has 6 nitrogen and oxygen atoms in total. The number of carbonyl (C=O) groups is 1. The Kier molecular flexibility index (Phi) is 6.06. The van der Waals surface area contributed by atoms with Gasteiger partial charge < -0.3 is 5.32 Å². The van der Waals surface area contributed by atoms with E-state index >= 15 is 0 Å². The molecule has 0 saturated heterocycles. The van der Waals surface area contributed by atoms with Gasteiger partial charge in [-0.2, -0.15) is 23.2 Å². The number of carbonyl (C=O) groups excluding carboxylic acids is 1. The van der Waals surface area contributed by atoms with Gasteiger partial charge in [-0.25, -0.2) is 12.8 Å². The van der Waals surface area contributed by atoms with Gasteiger partial charge in [0.25, 0.3) is 5.91 Å². The summed E-state index contributed by atoms with van der Waals surface area (Å²) in [5, 5.41) is 10.7. The smallest absolute Gasteiger partial charge is 0.322 e. The van der Waals surface area contributed by atoms with Crippen LogP contribution in [0.5, 0.6) is 0 Å². The zero-order chi connectivity index (χ0) is 21.1. The van der Waals surface area contributed by atoms with Crippen LogP contribution >= 0.6 is 0 Å². The van der Waals surface area contributed by atoms with Crippen LogP contribution in [-0.4, -0.2) is 20.9 Å². The minimum atomic E-state index is -4.94. The number of hydrogen-bond acceptors (Lipinski definition) is 4. The molecule has 0 fully saturated rings. The molecule has 0 aliphatic rings. The summed E-state index contributed by atoms with van der Waals surface area (Å²) >= 11 is 0. The standard InChI is InChI=1S/C17H13F4N3O3S/c1-10-2-3-11(8-15(10)28(26,27)23-7-6-22)16(25)24-12-4-5-14(18)13(9-12)17(19,20)21/h2-5,8-9,23H,7H2,1H3,(H,24,25). The van der Waals surface area contributed by atoms with Crippen LogP contribution in [0.25, 0.3) is 0 Å². The Morgan fingerprint density at radius 2 is 1.86 bits per heavy atom. The molecule has 0 aliphatic heterocycles. The normalized spacial score (nSPS) is 11.7. The third kappa shape index (κ3) is 4.85. The van der Waals surface area contributed by atoms with Gasteiger partial charge in [0, 0.05) is 11.3 Å². The SMILES string of the molecule is Cc1ccc(C(=O)Nc2ccc(F)c(C(F)(F)F)c2)cc1S(=O)(=O)NCC#N. The van der Waals surface area contributed by atoms with Gasteiger partial charge in [-0.3, -0.25) is 4.79 Å². The molecule has 2 aromatic carbocycles. The summed E-state index contributed by atoms with van der Waals surface area (Å²) < 4.78 is 78.0. The molecule has 2 N–H and O–H groups in total. The number of nitrogens with zero attached hydrogens (tertiary/aromatic N) is 1. The molecule has 0 aliphatic carbocycles. The summed E-state index contributed by atoms with van der Waals surface area (Å²) in [4.78, 5) is 12.1. The van der Waals surface area contributed by atoms with E-state index in [0.29, 0.717) is 17.7 Å². The molecule has 2 aromatic rings. The van der Waals surface area contributed by atoms with Crippen molar-refractivity contribution >= 4 is 21.6 Å². The lowest BCUT2D eigenvalue weighted by molar-refractivity contribution is -0.139. The highest BCUT2D eigenvalue weighted by Crippen LogP contribution is 2.33. The van der Waals surface area contributed by atoms with Crippen LogP contribution in [0.15, 0.2) is 41.3 Å². The zero-order valence-electron chi connectivity index (χ0n) is 14.3. The Labute approximate surface area is 157 Å². The molecule has 11 heteroatoms. The molecule has 0 spiro atoms. The van der Waals surface area contributed by atoms with Gasteiger partial charge in [-0.15, -0.1) is 0 Å². The molecule has 1 amide bonds. The van der Waals surface area contributed by atoms with Gasteiger partial charge in [0.05, 0.1) is 23.1 Å². The van der Waals surface area contributed by atoms with E-state index in [2.05, 4.69) is 5.32 Å². The zero-order valence-corrected chi connectivity index (χ0v) is 15.1. The van der Waals surface area contributed by atoms with Crippen molar-refractivity contribution in [2.75, 3.05) is 11.9 Å². The first kappa shape index (κ1) is 21.3. The van der Waals surface area contributed by atoms with E-state index in [1.165, 1.54) is 19.1 Å². The maximum absolute atomic E-state index is 13.3. The van der Waals surface area contributed by atoms with Gasteiger partial charge in [0.2, 0.25) is 10.0 Å². The molecule has 2 rings (SSSR count). The third-order valence-corrected chi connectivity index (χ3v) is 5.15. The molecule has 0 radical (unpaired) electrons. The summed E-state index contributed by atoms with van der Waals surface area (Å²) in [6.07, 6.45) is -4.94. The summed E-state index contributed by atoms with van der Waals surface area (Å²) in [5.74, 6) is -2.38. The van der Waals surface area contributed by atoms with E-state index in [1.54, 1.807) is 6.07 Å². The lowest BCUT2D eigenvalue weighted by Crippen LogP contribution is -2.25. The minimum Gasteiger partial charge on any atom is -0.322 e. The molecular formula is C17H13F4N3O3S. The molecule has 0 bridgehead atoms. The molecule has 0 aromatic heterocycles. The second-order valence-electron chi connectivity index (χ2n) is 5.61. The van der Waals surface area contributed by atoms with Gasteiger partial charge in [0.15, 0.2) is 0 Å². The van der Waals surface area contributed by atoms with Crippen molar-refractivity contribution in [3.8, 4) is 6.07 Å². The molecule has 0 saturated carbocycles. The second-order valence-corrected chi connectivity index (χ2v) is 7.34. The molecular weight excluding hydrogens is 402 g/mol. The van der Waals surface area contributed by atoms with Gasteiger partial charge >= 0.3 is 6.18 Å². The number of rotatable bonds is 5. The van der Waals surface area contributed by atoms with Crippen molar-refractivity contribution in [2.24, 2.45) is 0 Å². The van der Waals surface area contributed by atoms with Crippen molar-refractivity contribution in [1.29, 1.82) is 5.26 Å². The first-order valence-corrected chi connectivity index (χ1v) is 9.09. The molecule has 28 heavy (non-hydrogen) atoms. The Morgan fingerprint density at radius 3 is 2.46 bits per heavy atom. The van der Waals surface area contributed by atoms with Crippen molar-refractivity contribution in [2.45, 2.75) is 18.0 Å². The average Bonchev–Trinajstić information content (AvgIpc) is 2.60. The maximum atomic E-state index is 13.3. The number of nitrogens with one attached hydrogen (secondary N) is 2. The van der Waals surface area contributed by atoms with Crippen LogP contribution in [-0.2, 0) is 16.2 Å². The van der Waals surface area contributed by atoms with E-state index in [1.807, 2.05) is 4.72 Å². The predicted molar refractivity (Wildman–Crippen MR) is 91.3 cm³/mol. The number of nitriles is 1. The predicted octanol–water partition coefficient (Wildman–Crippen LogP) is 3.21. The number of aryl methyl sites for hydroxylation is 1. The fraction of sp³-hybridized carbons (Fsp3) is 0.176. The molecule has 0 atom stereocenters. The molecule has 148 valence electrons. The highest BCUT2D eigenvalue weighted by Gasteiger charge is 2.34. The lowest BCUT2D eigenvalue weighted by atomic mass is 10.1. The Morgan fingerprint density at radius 1 is 1.18 bits per heavy atom. The van der Waals surface area contributed by atoms with Crippen LogP contribution in [0.2, 0.25) is 0 Å². The van der Waals surface area contributed by atoms with E-state index in [4.69, 9.17) is 5.26 Å². The van der Waals surface area contributed by atoms with Crippen molar-refractivity contribution in [3.05, 3.63) is 58.9 Å². The van der Waals surface area contributed by atoms with Crippen molar-refractivity contribution in [1.82, 2.24) is 4.72 Å². The topological polar surface area (TPSA) is 99.1 Å². The summed E-state index contributed by atoms with van der Waals surface area (Å²) in [6, 6.07) is 7.20. The average molecular weight is 415 g/mol. The largest absolute Gasteiger partial charge is 0.419 e. The number of amides is 1. The fourth-order valence-electron chi connectivity index (χ4n) is 2.26. The number of hydrogen-bond donors (Lipinski definition) is 2. The van der Waals surface area contributed by atoms with Gasteiger partial charge in [-0.1, -0.05) is 6.07 Å². The number of anilines is 1. The maximum Gasteiger partial charge on any atom is 0.419 e. The first-order valence-electron chi connectivity index (χ1n) is 7.61. The van der Waals surface area contributed by atoms with Gasteiger partial charge in [-0.05, 0) is 42.8 Å². The van der Waals surface area contributed by atoms with E-state index < -0.39 is 40.0 Å². The van der Waals surface area contributed by atoms with Crippen LogP contribution in [0, 0.1) is 24.1 Å². The summed E-state index contributed by atoms with van der Waals surface area (Å²) in [5.41, 5.74) is -1.71.